The summed E-state index contributed by atoms with van der Waals surface area (Å²) in [7, 11) is 1.81. The molecule has 0 aliphatic heterocycles. The number of thiazole rings is 1. The molecule has 1 aliphatic carbocycles. The molecule has 0 aromatic carbocycles. The number of imidazole rings is 1. The second-order valence-corrected chi connectivity index (χ2v) is 5.80. The summed E-state index contributed by atoms with van der Waals surface area (Å²) in [6.45, 7) is 1.73. The van der Waals surface area contributed by atoms with Gasteiger partial charge < -0.3 is 10.6 Å². The van der Waals surface area contributed by atoms with E-state index in [2.05, 4.69) is 26.8 Å². The lowest BCUT2D eigenvalue weighted by Crippen LogP contribution is -2.40. The molecule has 6 heteroatoms. The van der Waals surface area contributed by atoms with E-state index in [0.717, 1.165) is 29.1 Å². The van der Waals surface area contributed by atoms with E-state index in [1.807, 2.05) is 23.0 Å². The SMILES string of the molecule is CN=C(NCc1cn2ccsc2n1)NCC1CCC1. The third-order valence-electron chi connectivity index (χ3n) is 3.59. The van der Waals surface area contributed by atoms with Crippen molar-refractivity contribution in [2.45, 2.75) is 25.8 Å². The van der Waals surface area contributed by atoms with Gasteiger partial charge in [-0.15, -0.1) is 11.3 Å². The Balaban J connectivity index is 1.50. The van der Waals surface area contributed by atoms with Crippen molar-refractivity contribution in [1.82, 2.24) is 20.0 Å². The molecule has 1 saturated carbocycles. The lowest BCUT2D eigenvalue weighted by Gasteiger charge is -2.26. The quantitative estimate of drug-likeness (QED) is 0.662. The molecule has 2 N–H and O–H groups in total. The van der Waals surface area contributed by atoms with Gasteiger partial charge in [-0.3, -0.25) is 9.39 Å². The first kappa shape index (κ1) is 12.5. The molecule has 0 saturated heterocycles. The molecule has 2 aromatic heterocycles. The van der Waals surface area contributed by atoms with Crippen LogP contribution in [0.25, 0.3) is 4.96 Å². The van der Waals surface area contributed by atoms with Crippen LogP contribution in [0.2, 0.25) is 0 Å². The van der Waals surface area contributed by atoms with Crippen LogP contribution in [-0.4, -0.2) is 28.9 Å². The van der Waals surface area contributed by atoms with Gasteiger partial charge in [-0.05, 0) is 18.8 Å². The van der Waals surface area contributed by atoms with Crippen molar-refractivity contribution < 1.29 is 0 Å². The molecule has 3 rings (SSSR count). The summed E-state index contributed by atoms with van der Waals surface area (Å²) < 4.78 is 2.05. The zero-order valence-corrected chi connectivity index (χ0v) is 11.9. The zero-order valence-electron chi connectivity index (χ0n) is 11.1. The van der Waals surface area contributed by atoms with E-state index in [4.69, 9.17) is 0 Å². The molecule has 0 radical (unpaired) electrons. The molecule has 0 bridgehead atoms. The molecule has 0 amide bonds. The summed E-state index contributed by atoms with van der Waals surface area (Å²) in [5.41, 5.74) is 1.04. The van der Waals surface area contributed by atoms with Crippen molar-refractivity contribution in [3.05, 3.63) is 23.5 Å². The van der Waals surface area contributed by atoms with Crippen molar-refractivity contribution in [1.29, 1.82) is 0 Å². The molecule has 0 unspecified atom stereocenters. The maximum Gasteiger partial charge on any atom is 0.193 e. The van der Waals surface area contributed by atoms with Gasteiger partial charge in [0.05, 0.1) is 12.2 Å². The number of nitrogens with one attached hydrogen (secondary N) is 2. The molecule has 2 aromatic rings. The van der Waals surface area contributed by atoms with E-state index in [-0.39, 0.29) is 0 Å². The molecular weight excluding hydrogens is 258 g/mol. The number of guanidine groups is 1. The first-order valence-corrected chi connectivity index (χ1v) is 7.58. The molecule has 0 spiro atoms. The molecule has 102 valence electrons. The summed E-state index contributed by atoms with van der Waals surface area (Å²) in [4.78, 5) is 9.81. The van der Waals surface area contributed by atoms with E-state index in [9.17, 15) is 0 Å². The third kappa shape index (κ3) is 2.89. The highest BCUT2D eigenvalue weighted by molar-refractivity contribution is 7.15. The van der Waals surface area contributed by atoms with Gasteiger partial charge >= 0.3 is 0 Å². The van der Waals surface area contributed by atoms with Crippen LogP contribution in [0.3, 0.4) is 0 Å². The third-order valence-corrected chi connectivity index (χ3v) is 4.36. The maximum atomic E-state index is 4.54. The summed E-state index contributed by atoms with van der Waals surface area (Å²) >= 11 is 1.65. The van der Waals surface area contributed by atoms with Crippen LogP contribution < -0.4 is 10.6 Å². The number of hydrogen-bond donors (Lipinski definition) is 2. The largest absolute Gasteiger partial charge is 0.356 e. The lowest BCUT2D eigenvalue weighted by atomic mass is 9.85. The molecular formula is C13H19N5S. The van der Waals surface area contributed by atoms with Gasteiger partial charge in [0.15, 0.2) is 10.9 Å². The highest BCUT2D eigenvalue weighted by Gasteiger charge is 2.17. The monoisotopic (exact) mass is 277 g/mol. The Labute approximate surface area is 116 Å². The van der Waals surface area contributed by atoms with E-state index < -0.39 is 0 Å². The summed E-state index contributed by atoms with van der Waals surface area (Å²) in [5, 5.41) is 8.72. The highest BCUT2D eigenvalue weighted by Crippen LogP contribution is 2.25. The van der Waals surface area contributed by atoms with Crippen molar-refractivity contribution in [3.63, 3.8) is 0 Å². The minimum absolute atomic E-state index is 0.707. The van der Waals surface area contributed by atoms with Crippen LogP contribution in [0, 0.1) is 5.92 Å². The molecule has 5 nitrogen and oxygen atoms in total. The van der Waals surface area contributed by atoms with E-state index in [0.29, 0.717) is 6.54 Å². The average Bonchev–Trinajstić information content (AvgIpc) is 2.91. The Bertz CT molecular complexity index is 538. The molecule has 2 heterocycles. The van der Waals surface area contributed by atoms with Crippen LogP contribution in [0.5, 0.6) is 0 Å². The van der Waals surface area contributed by atoms with E-state index >= 15 is 0 Å². The average molecular weight is 277 g/mol. The number of hydrogen-bond acceptors (Lipinski definition) is 3. The molecule has 1 aliphatic rings. The Morgan fingerprint density at radius 1 is 1.53 bits per heavy atom. The number of aromatic nitrogens is 2. The Kier molecular flexibility index (Phi) is 3.68. The smallest absolute Gasteiger partial charge is 0.193 e. The zero-order chi connectivity index (χ0) is 13.1. The fourth-order valence-corrected chi connectivity index (χ4v) is 2.91. The standard InChI is InChI=1S/C13H19N5S/c1-14-12(15-7-10-3-2-4-10)16-8-11-9-18-5-6-19-13(18)17-11/h5-6,9-10H,2-4,7-8H2,1H3,(H2,14,15,16). The second kappa shape index (κ2) is 5.61. The molecule has 19 heavy (non-hydrogen) atoms. The topological polar surface area (TPSA) is 53.7 Å². The van der Waals surface area contributed by atoms with Crippen molar-refractivity contribution >= 4 is 22.3 Å². The minimum Gasteiger partial charge on any atom is -0.356 e. The Hall–Kier alpha value is -1.56. The number of fused-ring (bicyclic) bond motifs is 1. The highest BCUT2D eigenvalue weighted by atomic mass is 32.1. The predicted molar refractivity (Wildman–Crippen MR) is 78.6 cm³/mol. The predicted octanol–water partition coefficient (Wildman–Crippen LogP) is 1.86. The number of rotatable bonds is 4. The first-order valence-electron chi connectivity index (χ1n) is 6.71. The van der Waals surface area contributed by atoms with Gasteiger partial charge in [-0.2, -0.15) is 0 Å². The summed E-state index contributed by atoms with van der Waals surface area (Å²) in [5.74, 6) is 1.69. The van der Waals surface area contributed by atoms with Gasteiger partial charge in [0.2, 0.25) is 0 Å². The number of aliphatic imine (C=N–C) groups is 1. The van der Waals surface area contributed by atoms with Gasteiger partial charge in [-0.1, -0.05) is 6.42 Å². The maximum absolute atomic E-state index is 4.54. The van der Waals surface area contributed by atoms with Crippen LogP contribution in [0.15, 0.2) is 22.8 Å². The van der Waals surface area contributed by atoms with Gasteiger partial charge in [0.25, 0.3) is 0 Å². The van der Waals surface area contributed by atoms with Crippen molar-refractivity contribution in [3.8, 4) is 0 Å². The van der Waals surface area contributed by atoms with Gasteiger partial charge in [0, 0.05) is 31.4 Å². The Morgan fingerprint density at radius 2 is 2.42 bits per heavy atom. The lowest BCUT2D eigenvalue weighted by molar-refractivity contribution is 0.314. The van der Waals surface area contributed by atoms with Crippen LogP contribution >= 0.6 is 11.3 Å². The number of nitrogens with zero attached hydrogens (tertiary/aromatic N) is 3. The van der Waals surface area contributed by atoms with E-state index in [1.54, 1.807) is 11.3 Å². The van der Waals surface area contributed by atoms with Crippen molar-refractivity contribution in [2.75, 3.05) is 13.6 Å². The van der Waals surface area contributed by atoms with Crippen molar-refractivity contribution in [2.24, 2.45) is 10.9 Å². The fraction of sp³-hybridized carbons (Fsp3) is 0.538. The van der Waals surface area contributed by atoms with Crippen LogP contribution in [0.4, 0.5) is 0 Å². The van der Waals surface area contributed by atoms with Gasteiger partial charge in [-0.25, -0.2) is 4.98 Å². The summed E-state index contributed by atoms with van der Waals surface area (Å²) in [6.07, 6.45) is 8.16. The second-order valence-electron chi connectivity index (χ2n) is 4.93. The Morgan fingerprint density at radius 3 is 3.11 bits per heavy atom. The van der Waals surface area contributed by atoms with Crippen LogP contribution in [0.1, 0.15) is 25.0 Å². The minimum atomic E-state index is 0.707. The fourth-order valence-electron chi connectivity index (χ4n) is 2.19. The van der Waals surface area contributed by atoms with Gasteiger partial charge in [0.1, 0.15) is 0 Å². The van der Waals surface area contributed by atoms with E-state index in [1.165, 1.54) is 19.3 Å². The molecule has 0 atom stereocenters. The molecule has 1 fully saturated rings. The normalized spacial score (nSPS) is 16.6. The summed E-state index contributed by atoms with van der Waals surface area (Å²) in [6, 6.07) is 0. The first-order chi connectivity index (χ1) is 9.35. The van der Waals surface area contributed by atoms with Crippen LogP contribution in [-0.2, 0) is 6.54 Å².